The van der Waals surface area contributed by atoms with E-state index in [9.17, 15) is 53.1 Å². The van der Waals surface area contributed by atoms with Crippen molar-refractivity contribution in [2.24, 2.45) is 46.6 Å². The van der Waals surface area contributed by atoms with Gasteiger partial charge in [-0.2, -0.15) is 0 Å². The number of benzene rings is 2. The van der Waals surface area contributed by atoms with E-state index in [1.807, 2.05) is 34.6 Å². The predicted molar refractivity (Wildman–Crippen MR) is 298 cm³/mol. The van der Waals surface area contributed by atoms with E-state index in [1.54, 1.807) is 81.4 Å². The molecule has 0 radical (unpaired) electrons. The molecule has 10 amide bonds. The Labute approximate surface area is 464 Å². The third-order valence-corrected chi connectivity index (χ3v) is 13.1. The summed E-state index contributed by atoms with van der Waals surface area (Å²) in [6.45, 7) is 13.4. The Morgan fingerprint density at radius 1 is 0.443 bits per heavy atom. The fraction of sp³-hybridized carbons (Fsp3) is 0.600. The molecular weight excluding hydrogens is 1020 g/mol. The minimum absolute atomic E-state index is 0.0427. The number of primary amides is 1. The summed E-state index contributed by atoms with van der Waals surface area (Å²) in [5, 5.41) is 33.6. The first-order valence-electron chi connectivity index (χ1n) is 27.2. The summed E-state index contributed by atoms with van der Waals surface area (Å²) < 4.78 is 0. The molecule has 79 heavy (non-hydrogen) atoms. The Balaban J connectivity index is 2.40. The van der Waals surface area contributed by atoms with Gasteiger partial charge in [0.05, 0.1) is 6.61 Å². The molecule has 0 saturated heterocycles. The SMILES string of the molecule is CC[C@H](C)[C@H](NC(=O)[C@H](CCN)NC(=O)c1ccccc1)C(=O)N[C@@H](CCN)C(=O)N[C@H](Cc1ccccc1)C(=O)N[C@@H](CC(C)C)C(=O)N[C@@H](CCN)C(=O)N[C@@H](C(=O)N[C@@H](CCC(C)C)C(=O)N[C@@H](CO)C(N)=O)C(C)C. The molecule has 2 aromatic rings. The second kappa shape index (κ2) is 35.5. The minimum Gasteiger partial charge on any atom is -0.394 e. The Morgan fingerprint density at radius 2 is 0.835 bits per heavy atom. The number of carbonyl (C=O) groups is 10. The summed E-state index contributed by atoms with van der Waals surface area (Å²) in [5.41, 5.74) is 24.0. The molecule has 0 aliphatic carbocycles. The van der Waals surface area contributed by atoms with Gasteiger partial charge in [-0.1, -0.05) is 110 Å². The minimum atomic E-state index is -1.40. The summed E-state index contributed by atoms with van der Waals surface area (Å²) in [4.78, 5) is 137. The third kappa shape index (κ3) is 23.9. The maximum absolute atomic E-state index is 14.5. The van der Waals surface area contributed by atoms with E-state index in [-0.39, 0.29) is 70.0 Å². The van der Waals surface area contributed by atoms with E-state index in [2.05, 4.69) is 47.9 Å². The lowest BCUT2D eigenvalue weighted by Crippen LogP contribution is -2.62. The fourth-order valence-electron chi connectivity index (χ4n) is 8.23. The van der Waals surface area contributed by atoms with Crippen LogP contribution in [0.25, 0.3) is 0 Å². The van der Waals surface area contributed by atoms with Crippen LogP contribution in [0, 0.1) is 23.7 Å². The summed E-state index contributed by atoms with van der Waals surface area (Å²) in [6, 6.07) is 5.66. The number of aliphatic hydroxyl groups excluding tert-OH is 1. The van der Waals surface area contributed by atoms with E-state index in [4.69, 9.17) is 22.9 Å². The van der Waals surface area contributed by atoms with Gasteiger partial charge in [-0.3, -0.25) is 47.9 Å². The van der Waals surface area contributed by atoms with Crippen LogP contribution in [0.15, 0.2) is 60.7 Å². The number of nitrogens with two attached hydrogens (primary N) is 4. The van der Waals surface area contributed by atoms with Crippen molar-refractivity contribution in [2.75, 3.05) is 26.2 Å². The number of aliphatic hydroxyl groups is 1. The predicted octanol–water partition coefficient (Wildman–Crippen LogP) is -1.39. The molecular formula is C55H89N13O11. The van der Waals surface area contributed by atoms with Gasteiger partial charge in [0.25, 0.3) is 5.91 Å². The standard InChI is InChI=1S/C55H89N13O11/c1-9-34(8)45(68-51(75)39(23-26-57)60-47(71)36-18-14-11-15-19-36)55(79)63-38(22-25-56)49(73)65-42(29-35-16-12-10-13-17-35)53(77)64-41(28-32(4)5)52(76)61-40(24-27-58)50(74)67-44(33(6)7)54(78)62-37(21-20-31(2)3)48(72)66-43(30-69)46(59)70/h10-19,31-34,37-45,69H,9,20-30,56-58H2,1-8H3,(H2,59,70)(H,60,71)(H,61,76)(H,62,78)(H,63,79)(H,64,77)(H,65,73)(H,66,72)(H,67,74)(H,68,75)/t34-,37-,38-,39-,40-,41-,42+,43-,44+,45-/m0/s1. The molecule has 0 fully saturated rings. The Hall–Kier alpha value is -7.02. The van der Waals surface area contributed by atoms with Crippen molar-refractivity contribution in [3.8, 4) is 0 Å². The van der Waals surface area contributed by atoms with Gasteiger partial charge in [-0.15, -0.1) is 0 Å². The summed E-state index contributed by atoms with van der Waals surface area (Å²) in [6.07, 6.45) is 0.953. The zero-order chi connectivity index (χ0) is 59.4. The second-order valence-corrected chi connectivity index (χ2v) is 21.0. The maximum Gasteiger partial charge on any atom is 0.251 e. The van der Waals surface area contributed by atoms with Gasteiger partial charge in [0, 0.05) is 12.0 Å². The number of nitrogens with one attached hydrogen (secondary N) is 9. The van der Waals surface area contributed by atoms with Crippen molar-refractivity contribution >= 4 is 59.1 Å². The van der Waals surface area contributed by atoms with E-state index in [0.29, 0.717) is 24.0 Å². The highest BCUT2D eigenvalue weighted by atomic mass is 16.3. The molecule has 10 atom stereocenters. The van der Waals surface area contributed by atoms with Crippen molar-refractivity contribution < 1.29 is 53.1 Å². The van der Waals surface area contributed by atoms with Crippen LogP contribution in [-0.4, -0.2) is 145 Å². The van der Waals surface area contributed by atoms with Crippen molar-refractivity contribution in [3.63, 3.8) is 0 Å². The molecule has 440 valence electrons. The normalized spacial score (nSPS) is 15.1. The first-order chi connectivity index (χ1) is 37.4. The summed E-state index contributed by atoms with van der Waals surface area (Å²) >= 11 is 0. The zero-order valence-electron chi connectivity index (χ0n) is 47.1. The quantitative estimate of drug-likeness (QED) is 0.0374. The van der Waals surface area contributed by atoms with Crippen LogP contribution in [0.2, 0.25) is 0 Å². The molecule has 0 bridgehead atoms. The molecule has 0 aliphatic rings. The lowest BCUT2D eigenvalue weighted by atomic mass is 9.97. The number of rotatable bonds is 36. The molecule has 0 unspecified atom stereocenters. The molecule has 0 spiro atoms. The van der Waals surface area contributed by atoms with Gasteiger partial charge in [-0.25, -0.2) is 0 Å². The lowest BCUT2D eigenvalue weighted by Gasteiger charge is -2.30. The number of hydrogen-bond acceptors (Lipinski definition) is 14. The first kappa shape index (κ1) is 68.1. The van der Waals surface area contributed by atoms with Crippen LogP contribution in [0.3, 0.4) is 0 Å². The van der Waals surface area contributed by atoms with Crippen LogP contribution in [0.1, 0.15) is 116 Å². The van der Waals surface area contributed by atoms with E-state index < -0.39 is 132 Å². The highest BCUT2D eigenvalue weighted by molar-refractivity contribution is 6.00. The lowest BCUT2D eigenvalue weighted by molar-refractivity contribution is -0.136. The van der Waals surface area contributed by atoms with Gasteiger partial charge in [0.2, 0.25) is 53.2 Å². The van der Waals surface area contributed by atoms with Crippen molar-refractivity contribution in [3.05, 3.63) is 71.8 Å². The monoisotopic (exact) mass is 1110 g/mol. The average molecular weight is 1110 g/mol. The zero-order valence-corrected chi connectivity index (χ0v) is 47.1. The molecule has 0 saturated carbocycles. The van der Waals surface area contributed by atoms with Crippen molar-refractivity contribution in [2.45, 2.75) is 161 Å². The van der Waals surface area contributed by atoms with E-state index >= 15 is 0 Å². The molecule has 18 N–H and O–H groups in total. The molecule has 0 aliphatic heterocycles. The number of carbonyl (C=O) groups excluding carboxylic acids is 10. The van der Waals surface area contributed by atoms with Gasteiger partial charge in [0.15, 0.2) is 0 Å². The molecule has 2 rings (SSSR count). The van der Waals surface area contributed by atoms with Crippen molar-refractivity contribution in [1.29, 1.82) is 0 Å². The van der Waals surface area contributed by atoms with Gasteiger partial charge >= 0.3 is 0 Å². The van der Waals surface area contributed by atoms with Gasteiger partial charge in [-0.05, 0) is 99.5 Å². The topological polar surface area (TPSA) is 403 Å². The average Bonchev–Trinajstić information content (AvgIpc) is 3.40. The number of hydrogen-bond donors (Lipinski definition) is 14. The van der Waals surface area contributed by atoms with E-state index in [0.717, 1.165) is 0 Å². The van der Waals surface area contributed by atoms with Crippen LogP contribution in [-0.2, 0) is 49.6 Å². The van der Waals surface area contributed by atoms with E-state index in [1.165, 1.54) is 0 Å². The summed E-state index contributed by atoms with van der Waals surface area (Å²) in [5.74, 6) is -8.62. The second-order valence-electron chi connectivity index (χ2n) is 21.0. The maximum atomic E-state index is 14.5. The van der Waals surface area contributed by atoms with Gasteiger partial charge in [0.1, 0.15) is 54.4 Å². The Bertz CT molecular complexity index is 2290. The Morgan fingerprint density at radius 3 is 1.29 bits per heavy atom. The fourth-order valence-corrected chi connectivity index (χ4v) is 8.23. The highest BCUT2D eigenvalue weighted by Crippen LogP contribution is 2.14. The molecule has 24 nitrogen and oxygen atoms in total. The Kier molecular flexibility index (Phi) is 30.6. The summed E-state index contributed by atoms with van der Waals surface area (Å²) in [7, 11) is 0. The molecule has 0 heterocycles. The van der Waals surface area contributed by atoms with Crippen LogP contribution < -0.4 is 70.8 Å². The van der Waals surface area contributed by atoms with Crippen LogP contribution in [0.5, 0.6) is 0 Å². The molecule has 24 heteroatoms. The number of amides is 10. The van der Waals surface area contributed by atoms with Crippen LogP contribution in [0.4, 0.5) is 0 Å². The smallest absolute Gasteiger partial charge is 0.251 e. The van der Waals surface area contributed by atoms with Crippen LogP contribution >= 0.6 is 0 Å². The van der Waals surface area contributed by atoms with Gasteiger partial charge < -0.3 is 75.9 Å². The van der Waals surface area contributed by atoms with Crippen molar-refractivity contribution in [1.82, 2.24) is 47.9 Å². The molecule has 2 aromatic carbocycles. The first-order valence-corrected chi connectivity index (χ1v) is 27.2. The molecule has 0 aromatic heterocycles. The third-order valence-electron chi connectivity index (χ3n) is 13.1. The largest absolute Gasteiger partial charge is 0.394 e. The highest BCUT2D eigenvalue weighted by Gasteiger charge is 2.37.